The Labute approximate surface area is 149 Å². The number of nitrogens with one attached hydrogen (secondary N) is 1. The number of thioether (sulfide) groups is 2. The molecule has 0 aliphatic heterocycles. The van der Waals surface area contributed by atoms with E-state index in [4.69, 9.17) is 0 Å². The molecule has 0 atom stereocenters. The summed E-state index contributed by atoms with van der Waals surface area (Å²) in [5.74, 6) is 1.50. The standard InChI is InChI=1S/C15H13N5OS3/c1-2-22-15-19-20-12(21)7-9(16-14(20)24-15)8-23-13-17-10-5-3-4-6-11(10)18-13/h3-7H,2,8H2,1H3,(H,17,18). The van der Waals surface area contributed by atoms with Gasteiger partial charge in [-0.2, -0.15) is 4.52 Å². The number of fused-ring (bicyclic) bond motifs is 2. The van der Waals surface area contributed by atoms with Crippen LogP contribution in [-0.2, 0) is 5.75 Å². The molecule has 1 N–H and O–H groups in total. The molecule has 0 spiro atoms. The fourth-order valence-electron chi connectivity index (χ4n) is 2.23. The number of aromatic amines is 1. The number of imidazole rings is 1. The van der Waals surface area contributed by atoms with Crippen molar-refractivity contribution in [3.63, 3.8) is 0 Å². The summed E-state index contributed by atoms with van der Waals surface area (Å²) in [6, 6.07) is 9.44. The Kier molecular flexibility index (Phi) is 4.30. The second kappa shape index (κ2) is 6.58. The average molecular weight is 376 g/mol. The summed E-state index contributed by atoms with van der Waals surface area (Å²) in [4.78, 5) is 25.2. The molecule has 4 aromatic rings. The fraction of sp³-hybridized carbons (Fsp3) is 0.200. The van der Waals surface area contributed by atoms with Crippen molar-refractivity contribution in [1.82, 2.24) is 24.6 Å². The highest BCUT2D eigenvalue weighted by Crippen LogP contribution is 2.25. The molecule has 9 heteroatoms. The average Bonchev–Trinajstić information content (AvgIpc) is 3.16. The minimum atomic E-state index is -0.139. The Morgan fingerprint density at radius 2 is 2.12 bits per heavy atom. The molecular formula is C15H13N5OS3. The fourth-order valence-corrected chi connectivity index (χ4v) is 4.87. The first kappa shape index (κ1) is 15.7. The highest BCUT2D eigenvalue weighted by atomic mass is 32.2. The van der Waals surface area contributed by atoms with Gasteiger partial charge in [-0.25, -0.2) is 9.97 Å². The first-order chi connectivity index (χ1) is 11.7. The smallest absolute Gasteiger partial charge is 0.275 e. The summed E-state index contributed by atoms with van der Waals surface area (Å²) in [5, 5.41) is 5.11. The third-order valence-corrected chi connectivity index (χ3v) is 6.10. The van der Waals surface area contributed by atoms with E-state index in [9.17, 15) is 4.79 Å². The van der Waals surface area contributed by atoms with Crippen LogP contribution in [0.4, 0.5) is 0 Å². The van der Waals surface area contributed by atoms with Crippen molar-refractivity contribution < 1.29 is 0 Å². The van der Waals surface area contributed by atoms with Gasteiger partial charge in [0.05, 0.1) is 16.7 Å². The number of benzene rings is 1. The summed E-state index contributed by atoms with van der Waals surface area (Å²) in [6.07, 6.45) is 0. The van der Waals surface area contributed by atoms with Crippen molar-refractivity contribution in [3.05, 3.63) is 46.4 Å². The molecule has 24 heavy (non-hydrogen) atoms. The molecule has 3 heterocycles. The van der Waals surface area contributed by atoms with Crippen molar-refractivity contribution >= 4 is 50.9 Å². The molecule has 1 aromatic carbocycles. The van der Waals surface area contributed by atoms with Crippen LogP contribution in [0.3, 0.4) is 0 Å². The van der Waals surface area contributed by atoms with Gasteiger partial charge in [-0.3, -0.25) is 4.79 Å². The van der Waals surface area contributed by atoms with Crippen LogP contribution in [0.15, 0.2) is 44.6 Å². The molecule has 6 nitrogen and oxygen atoms in total. The molecule has 0 saturated heterocycles. The second-order valence-corrected chi connectivity index (χ2v) is 8.36. The lowest BCUT2D eigenvalue weighted by molar-refractivity contribution is 0.849. The van der Waals surface area contributed by atoms with Crippen LogP contribution in [0, 0.1) is 0 Å². The van der Waals surface area contributed by atoms with E-state index in [0.717, 1.165) is 32.0 Å². The van der Waals surface area contributed by atoms with Crippen molar-refractivity contribution in [2.24, 2.45) is 0 Å². The Morgan fingerprint density at radius 1 is 1.25 bits per heavy atom. The molecule has 0 bridgehead atoms. The van der Waals surface area contributed by atoms with Gasteiger partial charge in [0.1, 0.15) is 0 Å². The normalized spacial score (nSPS) is 11.5. The Morgan fingerprint density at radius 3 is 2.96 bits per heavy atom. The number of hydrogen-bond acceptors (Lipinski definition) is 7. The first-order valence-electron chi connectivity index (χ1n) is 7.33. The summed E-state index contributed by atoms with van der Waals surface area (Å²) in [7, 11) is 0. The lowest BCUT2D eigenvalue weighted by Crippen LogP contribution is -2.15. The highest BCUT2D eigenvalue weighted by molar-refractivity contribution is 8.01. The van der Waals surface area contributed by atoms with Gasteiger partial charge < -0.3 is 4.98 Å². The lowest BCUT2D eigenvalue weighted by Gasteiger charge is -1.98. The number of H-pyrrole nitrogens is 1. The van der Waals surface area contributed by atoms with Gasteiger partial charge in [0, 0.05) is 11.8 Å². The summed E-state index contributed by atoms with van der Waals surface area (Å²) >= 11 is 4.60. The Balaban J connectivity index is 1.58. The van der Waals surface area contributed by atoms with Crippen LogP contribution in [0.5, 0.6) is 0 Å². The third-order valence-electron chi connectivity index (χ3n) is 3.27. The van der Waals surface area contributed by atoms with Gasteiger partial charge in [0.2, 0.25) is 4.96 Å². The molecule has 0 unspecified atom stereocenters. The van der Waals surface area contributed by atoms with E-state index >= 15 is 0 Å². The van der Waals surface area contributed by atoms with E-state index in [2.05, 4.69) is 27.0 Å². The van der Waals surface area contributed by atoms with Crippen molar-refractivity contribution in [1.29, 1.82) is 0 Å². The van der Waals surface area contributed by atoms with Crippen LogP contribution in [0.1, 0.15) is 12.6 Å². The van der Waals surface area contributed by atoms with E-state index in [1.54, 1.807) is 17.8 Å². The number of nitrogens with zero attached hydrogens (tertiary/aromatic N) is 4. The number of hydrogen-bond donors (Lipinski definition) is 1. The zero-order valence-electron chi connectivity index (χ0n) is 12.7. The van der Waals surface area contributed by atoms with E-state index in [1.807, 2.05) is 24.3 Å². The van der Waals surface area contributed by atoms with E-state index < -0.39 is 0 Å². The largest absolute Gasteiger partial charge is 0.333 e. The monoisotopic (exact) mass is 375 g/mol. The van der Waals surface area contributed by atoms with Crippen LogP contribution in [-0.4, -0.2) is 30.3 Å². The van der Waals surface area contributed by atoms with Gasteiger partial charge in [0.15, 0.2) is 9.50 Å². The lowest BCUT2D eigenvalue weighted by atomic mass is 10.3. The zero-order chi connectivity index (χ0) is 16.5. The molecule has 0 aliphatic carbocycles. The molecule has 4 rings (SSSR count). The van der Waals surface area contributed by atoms with Crippen LogP contribution in [0.25, 0.3) is 16.0 Å². The predicted octanol–water partition coefficient (Wildman–Crippen LogP) is 3.43. The van der Waals surface area contributed by atoms with Gasteiger partial charge >= 0.3 is 0 Å². The van der Waals surface area contributed by atoms with Crippen molar-refractivity contribution in [2.75, 3.05) is 5.75 Å². The molecule has 0 amide bonds. The van der Waals surface area contributed by atoms with Crippen LogP contribution >= 0.6 is 34.9 Å². The number of aromatic nitrogens is 5. The Bertz CT molecular complexity index is 1030. The minimum Gasteiger partial charge on any atom is -0.333 e. The Hall–Kier alpha value is -1.84. The van der Waals surface area contributed by atoms with Gasteiger partial charge in [0.25, 0.3) is 5.56 Å². The van der Waals surface area contributed by atoms with E-state index in [0.29, 0.717) is 10.7 Å². The summed E-state index contributed by atoms with van der Waals surface area (Å²) in [5.41, 5.74) is 2.54. The molecule has 0 saturated carbocycles. The predicted molar refractivity (Wildman–Crippen MR) is 99.2 cm³/mol. The van der Waals surface area contributed by atoms with Gasteiger partial charge in [-0.15, -0.1) is 5.10 Å². The van der Waals surface area contributed by atoms with Crippen molar-refractivity contribution in [3.8, 4) is 0 Å². The van der Waals surface area contributed by atoms with Crippen molar-refractivity contribution in [2.45, 2.75) is 22.2 Å². The number of rotatable bonds is 5. The molecule has 3 aromatic heterocycles. The SMILES string of the molecule is CCSc1nn2c(=O)cc(CSc3nc4ccccc4[nH]3)nc2s1. The molecule has 0 fully saturated rings. The first-order valence-corrected chi connectivity index (χ1v) is 10.1. The highest BCUT2D eigenvalue weighted by Gasteiger charge is 2.10. The quantitative estimate of drug-likeness (QED) is 0.539. The van der Waals surface area contributed by atoms with E-state index in [1.165, 1.54) is 27.6 Å². The topological polar surface area (TPSA) is 75.9 Å². The minimum absolute atomic E-state index is 0.139. The zero-order valence-corrected chi connectivity index (χ0v) is 15.2. The van der Waals surface area contributed by atoms with Crippen LogP contribution < -0.4 is 5.56 Å². The summed E-state index contributed by atoms with van der Waals surface area (Å²) < 4.78 is 2.24. The van der Waals surface area contributed by atoms with E-state index in [-0.39, 0.29) is 5.56 Å². The van der Waals surface area contributed by atoms with Gasteiger partial charge in [-0.05, 0) is 17.9 Å². The maximum Gasteiger partial charge on any atom is 0.275 e. The van der Waals surface area contributed by atoms with Crippen LogP contribution in [0.2, 0.25) is 0 Å². The van der Waals surface area contributed by atoms with Gasteiger partial charge in [-0.1, -0.05) is 53.9 Å². The molecule has 0 radical (unpaired) electrons. The summed E-state index contributed by atoms with van der Waals surface area (Å²) in [6.45, 7) is 2.06. The molecular weight excluding hydrogens is 362 g/mol. The maximum absolute atomic E-state index is 12.2. The third kappa shape index (κ3) is 3.06. The number of para-hydroxylation sites is 2. The second-order valence-electron chi connectivity index (χ2n) is 4.93. The maximum atomic E-state index is 12.2. The molecule has 0 aliphatic rings. The molecule has 122 valence electrons.